The average Bonchev–Trinajstić information content (AvgIpc) is 2.59. The first-order valence-corrected chi connectivity index (χ1v) is 6.43. The normalized spacial score (nSPS) is 30.6. The number of rotatable bonds is 3. The quantitative estimate of drug-likeness (QED) is 0.715. The highest BCUT2D eigenvalue weighted by atomic mass is 16.5. The second kappa shape index (κ2) is 5.16. The van der Waals surface area contributed by atoms with Gasteiger partial charge in [0.2, 0.25) is 0 Å². The lowest BCUT2D eigenvalue weighted by Gasteiger charge is -2.33. The molecule has 2 N–H and O–H groups in total. The first-order valence-electron chi connectivity index (χ1n) is 6.43. The van der Waals surface area contributed by atoms with Crippen molar-refractivity contribution in [2.24, 2.45) is 5.92 Å². The molecule has 1 aliphatic heterocycles. The maximum absolute atomic E-state index is 12.3. The van der Waals surface area contributed by atoms with Gasteiger partial charge in [0.05, 0.1) is 0 Å². The lowest BCUT2D eigenvalue weighted by molar-refractivity contribution is -0.141. The molecule has 2 aliphatic rings. The number of nitrogens with one attached hydrogen (secondary N) is 2. The van der Waals surface area contributed by atoms with Gasteiger partial charge < -0.3 is 10.1 Å². The molecule has 4 amide bonds. The molecular weight excluding hydrogens is 250 g/mol. The fourth-order valence-electron chi connectivity index (χ4n) is 2.60. The summed E-state index contributed by atoms with van der Waals surface area (Å²) in [6, 6.07) is -0.566. The van der Waals surface area contributed by atoms with Crippen LogP contribution in [-0.4, -0.2) is 42.1 Å². The predicted molar refractivity (Wildman–Crippen MR) is 65.8 cm³/mol. The van der Waals surface area contributed by atoms with Crippen molar-refractivity contribution in [3.63, 3.8) is 0 Å². The van der Waals surface area contributed by atoms with Gasteiger partial charge >= 0.3 is 6.03 Å². The molecule has 19 heavy (non-hydrogen) atoms. The summed E-state index contributed by atoms with van der Waals surface area (Å²) in [5.41, 5.74) is 1.44. The van der Waals surface area contributed by atoms with E-state index in [9.17, 15) is 14.4 Å². The first kappa shape index (κ1) is 13.8. The largest absolute Gasteiger partial charge is 0.375 e. The van der Waals surface area contributed by atoms with Crippen LogP contribution >= 0.6 is 0 Å². The van der Waals surface area contributed by atoms with E-state index in [0.717, 1.165) is 17.9 Å². The molecule has 0 radical (unpaired) electrons. The third-order valence-electron chi connectivity index (χ3n) is 3.80. The van der Waals surface area contributed by atoms with Gasteiger partial charge in [-0.1, -0.05) is 6.92 Å². The van der Waals surface area contributed by atoms with Gasteiger partial charge in [0.15, 0.2) is 0 Å². The molecule has 7 heteroatoms. The third kappa shape index (κ3) is 2.56. The van der Waals surface area contributed by atoms with Gasteiger partial charge in [-0.05, 0) is 31.6 Å². The monoisotopic (exact) mass is 269 g/mol. The van der Waals surface area contributed by atoms with E-state index in [1.165, 1.54) is 7.11 Å². The van der Waals surface area contributed by atoms with Crippen LogP contribution in [0.4, 0.5) is 4.79 Å². The Morgan fingerprint density at radius 2 is 2.11 bits per heavy atom. The van der Waals surface area contributed by atoms with Gasteiger partial charge in [-0.2, -0.15) is 5.01 Å². The van der Waals surface area contributed by atoms with Crippen LogP contribution in [0.15, 0.2) is 0 Å². The van der Waals surface area contributed by atoms with Crippen LogP contribution in [0.5, 0.6) is 0 Å². The second-order valence-corrected chi connectivity index (χ2v) is 5.30. The van der Waals surface area contributed by atoms with E-state index in [2.05, 4.69) is 22.4 Å². The molecule has 106 valence electrons. The van der Waals surface area contributed by atoms with Crippen LogP contribution in [0.25, 0.3) is 0 Å². The van der Waals surface area contributed by atoms with Crippen molar-refractivity contribution in [1.29, 1.82) is 0 Å². The van der Waals surface area contributed by atoms with Crippen LogP contribution in [0, 0.1) is 5.92 Å². The summed E-state index contributed by atoms with van der Waals surface area (Å²) in [4.78, 5) is 35.5. The van der Waals surface area contributed by atoms with Crippen molar-refractivity contribution in [3.8, 4) is 0 Å². The molecule has 1 aliphatic carbocycles. The van der Waals surface area contributed by atoms with Crippen LogP contribution in [0.1, 0.15) is 32.6 Å². The minimum atomic E-state index is -0.829. The van der Waals surface area contributed by atoms with Crippen LogP contribution in [-0.2, 0) is 14.3 Å². The zero-order chi connectivity index (χ0) is 14.0. The topological polar surface area (TPSA) is 87.7 Å². The lowest BCUT2D eigenvalue weighted by atomic mass is 9.77. The zero-order valence-corrected chi connectivity index (χ0v) is 11.2. The highest BCUT2D eigenvalue weighted by molar-refractivity contribution is 6.08. The number of nitrogens with zero attached hydrogens (tertiary/aromatic N) is 1. The van der Waals surface area contributed by atoms with Gasteiger partial charge in [0.25, 0.3) is 11.8 Å². The Balaban J connectivity index is 2.06. The number of amides is 4. The van der Waals surface area contributed by atoms with E-state index in [4.69, 9.17) is 0 Å². The fourth-order valence-corrected chi connectivity index (χ4v) is 2.60. The Kier molecular flexibility index (Phi) is 3.75. The van der Waals surface area contributed by atoms with E-state index < -0.39 is 17.5 Å². The Morgan fingerprint density at radius 3 is 2.68 bits per heavy atom. The van der Waals surface area contributed by atoms with E-state index in [1.807, 2.05) is 0 Å². The number of hydrazine groups is 1. The van der Waals surface area contributed by atoms with Crippen molar-refractivity contribution >= 4 is 17.8 Å². The number of hydrogen-bond acceptors (Lipinski definition) is 4. The molecule has 0 aromatic rings. The summed E-state index contributed by atoms with van der Waals surface area (Å²) in [6.45, 7) is 1.94. The number of carbonyl (C=O) groups excluding carboxylic acids is 3. The van der Waals surface area contributed by atoms with Crippen molar-refractivity contribution in [1.82, 2.24) is 15.8 Å². The molecule has 1 saturated carbocycles. The van der Waals surface area contributed by atoms with Gasteiger partial charge in [0, 0.05) is 7.11 Å². The van der Waals surface area contributed by atoms with Crippen molar-refractivity contribution in [3.05, 3.63) is 0 Å². The number of imide groups is 1. The Hall–Kier alpha value is -1.63. The predicted octanol–water partition coefficient (Wildman–Crippen LogP) is 0.165. The van der Waals surface area contributed by atoms with Crippen LogP contribution in [0.3, 0.4) is 0 Å². The maximum atomic E-state index is 12.3. The molecule has 7 nitrogen and oxygen atoms in total. The first-order chi connectivity index (χ1) is 8.98. The molecule has 0 atom stereocenters. The zero-order valence-electron chi connectivity index (χ0n) is 11.2. The molecule has 2 rings (SSSR count). The molecule has 1 saturated heterocycles. The van der Waals surface area contributed by atoms with Gasteiger partial charge in [-0.25, -0.2) is 4.79 Å². The molecule has 0 aromatic heterocycles. The highest BCUT2D eigenvalue weighted by Crippen LogP contribution is 2.35. The van der Waals surface area contributed by atoms with Crippen molar-refractivity contribution in [2.75, 3.05) is 13.7 Å². The van der Waals surface area contributed by atoms with Crippen LogP contribution in [0.2, 0.25) is 0 Å². The average molecular weight is 269 g/mol. The molecule has 1 spiro atoms. The van der Waals surface area contributed by atoms with E-state index >= 15 is 0 Å². The number of methoxy groups -OCH3 is 1. The summed E-state index contributed by atoms with van der Waals surface area (Å²) in [7, 11) is 1.37. The molecule has 2 fully saturated rings. The Bertz CT molecular complexity index is 402. The SMILES string of the molecule is COCC(=O)NN1C(=O)NC2(CCC(C)CC2)C1=O. The molecule has 0 unspecified atom stereocenters. The highest BCUT2D eigenvalue weighted by Gasteiger charge is 2.52. The van der Waals surface area contributed by atoms with Gasteiger partial charge in [0.1, 0.15) is 12.1 Å². The van der Waals surface area contributed by atoms with Crippen LogP contribution < -0.4 is 10.7 Å². The second-order valence-electron chi connectivity index (χ2n) is 5.30. The standard InChI is InChI=1S/C12H19N3O4/c1-8-3-5-12(6-4-8)10(17)15(11(18)13-12)14-9(16)7-19-2/h8H,3-7H2,1-2H3,(H,13,18)(H,14,16). The molecule has 0 aromatic carbocycles. The number of ether oxygens (including phenoxy) is 1. The third-order valence-corrected chi connectivity index (χ3v) is 3.80. The lowest BCUT2D eigenvalue weighted by Crippen LogP contribution is -2.52. The van der Waals surface area contributed by atoms with E-state index in [0.29, 0.717) is 18.8 Å². The van der Waals surface area contributed by atoms with Crippen molar-refractivity contribution < 1.29 is 19.1 Å². The maximum Gasteiger partial charge on any atom is 0.344 e. The molecule has 0 bridgehead atoms. The minimum absolute atomic E-state index is 0.193. The summed E-state index contributed by atoms with van der Waals surface area (Å²) in [5, 5.41) is 3.49. The van der Waals surface area contributed by atoms with Gasteiger partial charge in [-0.15, -0.1) is 0 Å². The summed E-state index contributed by atoms with van der Waals surface area (Å²) in [5.74, 6) is -0.325. The summed E-state index contributed by atoms with van der Waals surface area (Å²) in [6.07, 6.45) is 3.03. The minimum Gasteiger partial charge on any atom is -0.375 e. The van der Waals surface area contributed by atoms with Crippen molar-refractivity contribution in [2.45, 2.75) is 38.1 Å². The Labute approximate surface area is 111 Å². The number of carbonyl (C=O) groups is 3. The smallest absolute Gasteiger partial charge is 0.344 e. The fraction of sp³-hybridized carbons (Fsp3) is 0.750. The van der Waals surface area contributed by atoms with Gasteiger partial charge in [-0.3, -0.25) is 15.0 Å². The number of hydrogen-bond donors (Lipinski definition) is 2. The Morgan fingerprint density at radius 1 is 1.47 bits per heavy atom. The van der Waals surface area contributed by atoms with E-state index in [-0.39, 0.29) is 12.5 Å². The molecule has 1 heterocycles. The van der Waals surface area contributed by atoms with E-state index in [1.54, 1.807) is 0 Å². The summed E-state index contributed by atoms with van der Waals surface area (Å²) < 4.78 is 4.65. The summed E-state index contributed by atoms with van der Waals surface area (Å²) >= 11 is 0. The number of urea groups is 1. The molecular formula is C12H19N3O4.